The topological polar surface area (TPSA) is 38.7 Å². The molecule has 0 saturated carbocycles. The molecular weight excluding hydrogens is 448 g/mol. The maximum absolute atomic E-state index is 11.6. The fraction of sp³-hybridized carbons (Fsp3) is 0.355. The third kappa shape index (κ3) is 7.25. The molecule has 0 unspecified atom stereocenters. The first-order chi connectivity index (χ1) is 17.0. The van der Waals surface area contributed by atoms with E-state index >= 15 is 0 Å². The molecule has 1 aliphatic rings. The zero-order valence-electron chi connectivity index (χ0n) is 20.9. The highest BCUT2D eigenvalue weighted by molar-refractivity contribution is 6.89. The van der Waals surface area contributed by atoms with Crippen LogP contribution in [0.5, 0.6) is 0 Å². The molecule has 4 heteroatoms. The van der Waals surface area contributed by atoms with Crippen molar-refractivity contribution in [2.24, 2.45) is 17.8 Å². The van der Waals surface area contributed by atoms with Gasteiger partial charge in [-0.25, -0.2) is 0 Å². The molecule has 3 nitrogen and oxygen atoms in total. The summed E-state index contributed by atoms with van der Waals surface area (Å²) in [7, 11) is -1.70. The lowest BCUT2D eigenvalue weighted by Gasteiger charge is -2.39. The fourth-order valence-electron chi connectivity index (χ4n) is 5.07. The molecule has 3 aromatic carbocycles. The number of hydrogen-bond acceptors (Lipinski definition) is 3. The molecule has 1 aliphatic carbocycles. The Morgan fingerprint density at radius 1 is 0.657 bits per heavy atom. The van der Waals surface area contributed by atoms with Crippen LogP contribution in [0.3, 0.4) is 0 Å². The lowest BCUT2D eigenvalue weighted by Crippen LogP contribution is -2.48. The van der Waals surface area contributed by atoms with E-state index in [1.54, 1.807) is 0 Å². The molecule has 0 amide bonds. The second kappa shape index (κ2) is 12.5. The Balaban J connectivity index is 1.43. The first kappa shape index (κ1) is 25.6. The van der Waals surface area contributed by atoms with E-state index in [-0.39, 0.29) is 17.8 Å². The molecule has 0 spiro atoms. The van der Waals surface area contributed by atoms with Crippen LogP contribution in [0.2, 0.25) is 19.1 Å². The van der Waals surface area contributed by atoms with E-state index in [0.717, 1.165) is 11.6 Å². The molecule has 3 aromatic rings. The summed E-state index contributed by atoms with van der Waals surface area (Å²) in [6.07, 6.45) is 4.07. The van der Waals surface area contributed by atoms with E-state index in [1.807, 2.05) is 36.4 Å². The SMILES string of the molecule is C[Si](C)(C[C@H]1C=C[C@H](COCc2ccccc2)[C@H](COCc2ccccc2)[C@@H]1O)c1ccccc1. The number of aliphatic hydroxyl groups is 1. The van der Waals surface area contributed by atoms with Crippen molar-refractivity contribution >= 4 is 13.3 Å². The Hall–Kier alpha value is -2.50. The number of ether oxygens (including phenoxy) is 2. The Bertz CT molecular complexity index is 1040. The molecule has 0 radical (unpaired) electrons. The minimum absolute atomic E-state index is 0.00468. The second-order valence-electron chi connectivity index (χ2n) is 10.3. The van der Waals surface area contributed by atoms with Crippen molar-refractivity contribution in [2.75, 3.05) is 13.2 Å². The van der Waals surface area contributed by atoms with Gasteiger partial charge in [0.1, 0.15) is 0 Å². The average molecular weight is 487 g/mol. The molecule has 0 bridgehead atoms. The summed E-state index contributed by atoms with van der Waals surface area (Å²) in [6.45, 7) is 7.03. The van der Waals surface area contributed by atoms with Crippen molar-refractivity contribution in [1.29, 1.82) is 0 Å². The van der Waals surface area contributed by atoms with Crippen LogP contribution in [0.1, 0.15) is 11.1 Å². The van der Waals surface area contributed by atoms with Gasteiger partial charge in [-0.2, -0.15) is 0 Å². The van der Waals surface area contributed by atoms with Gasteiger partial charge in [-0.1, -0.05) is 121 Å². The molecule has 35 heavy (non-hydrogen) atoms. The molecular formula is C31H38O3Si. The summed E-state index contributed by atoms with van der Waals surface area (Å²) in [5.41, 5.74) is 2.32. The molecule has 0 aliphatic heterocycles. The zero-order chi connectivity index (χ0) is 24.5. The van der Waals surface area contributed by atoms with Crippen molar-refractivity contribution in [3.8, 4) is 0 Å². The van der Waals surface area contributed by atoms with Gasteiger partial charge in [0.05, 0.1) is 40.6 Å². The summed E-state index contributed by atoms with van der Waals surface area (Å²) in [6, 6.07) is 32.3. The van der Waals surface area contributed by atoms with E-state index in [4.69, 9.17) is 9.47 Å². The van der Waals surface area contributed by atoms with Gasteiger partial charge in [-0.3, -0.25) is 0 Å². The minimum atomic E-state index is -1.70. The first-order valence-corrected chi connectivity index (χ1v) is 15.9. The van der Waals surface area contributed by atoms with Crippen LogP contribution in [-0.2, 0) is 22.7 Å². The third-order valence-corrected chi connectivity index (χ3v) is 10.6. The van der Waals surface area contributed by atoms with Crippen LogP contribution in [0.15, 0.2) is 103 Å². The minimum Gasteiger partial charge on any atom is -0.392 e. The Kier molecular flexibility index (Phi) is 9.10. The summed E-state index contributed by atoms with van der Waals surface area (Å²) in [5, 5.41) is 13.0. The molecule has 0 aromatic heterocycles. The predicted molar refractivity (Wildman–Crippen MR) is 146 cm³/mol. The second-order valence-corrected chi connectivity index (χ2v) is 15.1. The monoisotopic (exact) mass is 486 g/mol. The summed E-state index contributed by atoms with van der Waals surface area (Å²) < 4.78 is 12.2. The smallest absolute Gasteiger partial charge is 0.0813 e. The van der Waals surface area contributed by atoms with Crippen LogP contribution in [-0.4, -0.2) is 32.5 Å². The van der Waals surface area contributed by atoms with Gasteiger partial charge in [0.15, 0.2) is 0 Å². The highest BCUT2D eigenvalue weighted by atomic mass is 28.3. The van der Waals surface area contributed by atoms with Gasteiger partial charge in [-0.05, 0) is 17.2 Å². The molecule has 1 N–H and O–H groups in total. The summed E-state index contributed by atoms with van der Waals surface area (Å²) in [5.74, 6) is 0.264. The van der Waals surface area contributed by atoms with E-state index in [1.165, 1.54) is 10.8 Å². The van der Waals surface area contributed by atoms with Gasteiger partial charge in [0, 0.05) is 17.8 Å². The van der Waals surface area contributed by atoms with Crippen LogP contribution in [0.25, 0.3) is 0 Å². The first-order valence-electron chi connectivity index (χ1n) is 12.7. The fourth-order valence-corrected chi connectivity index (χ4v) is 7.96. The van der Waals surface area contributed by atoms with Gasteiger partial charge < -0.3 is 14.6 Å². The van der Waals surface area contributed by atoms with E-state index < -0.39 is 14.2 Å². The Morgan fingerprint density at radius 2 is 1.14 bits per heavy atom. The van der Waals surface area contributed by atoms with E-state index in [0.29, 0.717) is 26.4 Å². The van der Waals surface area contributed by atoms with Gasteiger partial charge in [0.2, 0.25) is 0 Å². The number of rotatable bonds is 11. The average Bonchev–Trinajstić information content (AvgIpc) is 2.89. The van der Waals surface area contributed by atoms with Gasteiger partial charge >= 0.3 is 0 Å². The van der Waals surface area contributed by atoms with Crippen molar-refractivity contribution < 1.29 is 14.6 Å². The van der Waals surface area contributed by atoms with E-state index in [9.17, 15) is 5.11 Å². The van der Waals surface area contributed by atoms with Crippen molar-refractivity contribution in [1.82, 2.24) is 0 Å². The lowest BCUT2D eigenvalue weighted by atomic mass is 9.78. The highest BCUT2D eigenvalue weighted by Crippen LogP contribution is 2.34. The maximum Gasteiger partial charge on any atom is 0.0813 e. The molecule has 0 heterocycles. The standard InChI is InChI=1S/C31H38O3Si/c1-35(2,29-16-10-5-11-17-29)24-28-19-18-27(22-33-20-25-12-6-3-7-13-25)30(31(28)32)23-34-21-26-14-8-4-9-15-26/h3-19,27-28,30-32H,20-24H2,1-2H3/t27-,28-,30+,31-/m1/s1. The Labute approximate surface area is 211 Å². The largest absolute Gasteiger partial charge is 0.392 e. The molecule has 0 fully saturated rings. The van der Waals surface area contributed by atoms with Crippen LogP contribution in [0.4, 0.5) is 0 Å². The maximum atomic E-state index is 11.6. The van der Waals surface area contributed by atoms with E-state index in [2.05, 4.69) is 79.8 Å². The number of aliphatic hydroxyl groups excluding tert-OH is 1. The number of hydrogen-bond donors (Lipinski definition) is 1. The van der Waals surface area contributed by atoms with Crippen LogP contribution < -0.4 is 5.19 Å². The van der Waals surface area contributed by atoms with Gasteiger partial charge in [-0.15, -0.1) is 0 Å². The van der Waals surface area contributed by atoms with Crippen molar-refractivity contribution in [3.05, 3.63) is 114 Å². The number of benzene rings is 3. The Morgan fingerprint density at radius 3 is 1.71 bits per heavy atom. The van der Waals surface area contributed by atoms with Crippen LogP contribution >= 0.6 is 0 Å². The summed E-state index contributed by atoms with van der Waals surface area (Å²) >= 11 is 0. The molecule has 0 saturated heterocycles. The normalized spacial score (nSPS) is 22.3. The predicted octanol–water partition coefficient (Wildman–Crippen LogP) is 5.81. The van der Waals surface area contributed by atoms with Crippen LogP contribution in [0, 0.1) is 17.8 Å². The zero-order valence-corrected chi connectivity index (χ0v) is 21.9. The quantitative estimate of drug-likeness (QED) is 0.274. The molecule has 184 valence electrons. The lowest BCUT2D eigenvalue weighted by molar-refractivity contribution is -0.0385. The summed E-state index contributed by atoms with van der Waals surface area (Å²) in [4.78, 5) is 0. The highest BCUT2D eigenvalue weighted by Gasteiger charge is 2.38. The molecule has 4 rings (SSSR count). The van der Waals surface area contributed by atoms with Crippen molar-refractivity contribution in [2.45, 2.75) is 38.5 Å². The van der Waals surface area contributed by atoms with Crippen molar-refractivity contribution in [3.63, 3.8) is 0 Å². The molecule has 4 atom stereocenters. The third-order valence-electron chi connectivity index (χ3n) is 7.18. The van der Waals surface area contributed by atoms with Gasteiger partial charge in [0.25, 0.3) is 0 Å².